The van der Waals surface area contributed by atoms with Crippen LogP contribution in [0.4, 0.5) is 0 Å². The van der Waals surface area contributed by atoms with E-state index in [0.717, 1.165) is 12.5 Å². The predicted octanol–water partition coefficient (Wildman–Crippen LogP) is 3.60. The van der Waals surface area contributed by atoms with E-state index in [1.807, 2.05) is 0 Å². The fourth-order valence-electron chi connectivity index (χ4n) is 5.09. The summed E-state index contributed by atoms with van der Waals surface area (Å²) in [6.07, 6.45) is 3.92. The van der Waals surface area contributed by atoms with Crippen molar-refractivity contribution in [2.45, 2.75) is 65.8 Å². The Morgan fingerprint density at radius 1 is 1.12 bits per heavy atom. The van der Waals surface area contributed by atoms with Crippen LogP contribution < -0.4 is 0 Å². The van der Waals surface area contributed by atoms with E-state index >= 15 is 0 Å². The SMILES string of the molecule is CC1OC[C@H](C)C2(CC3CCC2(C)C3(C)C)O1. The van der Waals surface area contributed by atoms with E-state index in [-0.39, 0.29) is 11.9 Å². The lowest BCUT2D eigenvalue weighted by Gasteiger charge is -2.54. The Bertz CT molecular complexity index is 338. The van der Waals surface area contributed by atoms with Gasteiger partial charge in [-0.1, -0.05) is 27.7 Å². The Hall–Kier alpha value is -0.0800. The molecule has 1 aliphatic heterocycles. The second-order valence-corrected chi connectivity index (χ2v) is 7.30. The molecule has 1 saturated heterocycles. The van der Waals surface area contributed by atoms with Gasteiger partial charge in [0.2, 0.25) is 0 Å². The number of fused-ring (bicyclic) bond motifs is 3. The topological polar surface area (TPSA) is 18.5 Å². The lowest BCUT2D eigenvalue weighted by molar-refractivity contribution is -0.308. The van der Waals surface area contributed by atoms with Crippen LogP contribution in [0.1, 0.15) is 53.9 Å². The zero-order chi connectivity index (χ0) is 12.5. The summed E-state index contributed by atoms with van der Waals surface area (Å²) in [6, 6.07) is 0. The third-order valence-corrected chi connectivity index (χ3v) is 6.67. The molecule has 5 atom stereocenters. The lowest BCUT2D eigenvalue weighted by atomic mass is 9.60. The highest BCUT2D eigenvalue weighted by Crippen LogP contribution is 2.73. The fraction of sp³-hybridized carbons (Fsp3) is 1.00. The Morgan fingerprint density at radius 2 is 1.82 bits per heavy atom. The molecular formula is C15H26O2. The highest BCUT2D eigenvalue weighted by molar-refractivity contribution is 5.20. The van der Waals surface area contributed by atoms with Crippen molar-refractivity contribution in [2.75, 3.05) is 6.61 Å². The average molecular weight is 238 g/mol. The first-order chi connectivity index (χ1) is 7.83. The molecule has 0 amide bonds. The smallest absolute Gasteiger partial charge is 0.155 e. The molecule has 0 radical (unpaired) electrons. The lowest BCUT2D eigenvalue weighted by Crippen LogP contribution is -2.58. The summed E-state index contributed by atoms with van der Waals surface area (Å²) in [4.78, 5) is 0. The summed E-state index contributed by atoms with van der Waals surface area (Å²) in [5.74, 6) is 1.36. The molecule has 2 aliphatic carbocycles. The highest BCUT2D eigenvalue weighted by atomic mass is 16.7. The molecule has 0 aromatic rings. The average Bonchev–Trinajstić information content (AvgIpc) is 2.56. The van der Waals surface area contributed by atoms with Gasteiger partial charge < -0.3 is 9.47 Å². The molecule has 4 unspecified atom stereocenters. The first kappa shape index (κ1) is 12.0. The fourth-order valence-corrected chi connectivity index (χ4v) is 5.09. The summed E-state index contributed by atoms with van der Waals surface area (Å²) < 4.78 is 12.1. The van der Waals surface area contributed by atoms with Gasteiger partial charge >= 0.3 is 0 Å². The molecule has 98 valence electrons. The van der Waals surface area contributed by atoms with Crippen LogP contribution in [-0.4, -0.2) is 18.5 Å². The van der Waals surface area contributed by atoms with Gasteiger partial charge in [-0.2, -0.15) is 0 Å². The van der Waals surface area contributed by atoms with E-state index in [2.05, 4.69) is 34.6 Å². The van der Waals surface area contributed by atoms with Gasteiger partial charge in [-0.15, -0.1) is 0 Å². The van der Waals surface area contributed by atoms with Crippen LogP contribution in [0.5, 0.6) is 0 Å². The zero-order valence-corrected chi connectivity index (χ0v) is 11.9. The Balaban J connectivity index is 2.04. The van der Waals surface area contributed by atoms with Gasteiger partial charge in [0.05, 0.1) is 12.2 Å². The molecule has 0 aromatic heterocycles. The van der Waals surface area contributed by atoms with E-state index < -0.39 is 0 Å². The van der Waals surface area contributed by atoms with Gasteiger partial charge in [-0.3, -0.25) is 0 Å². The second kappa shape index (κ2) is 3.27. The number of hydrogen-bond acceptors (Lipinski definition) is 2. The van der Waals surface area contributed by atoms with Crippen LogP contribution in [0.2, 0.25) is 0 Å². The van der Waals surface area contributed by atoms with Gasteiger partial charge in [0.25, 0.3) is 0 Å². The summed E-state index contributed by atoms with van der Waals surface area (Å²) in [5.41, 5.74) is 0.803. The van der Waals surface area contributed by atoms with Crippen LogP contribution in [0.25, 0.3) is 0 Å². The molecule has 3 rings (SSSR count). The Kier molecular flexibility index (Phi) is 2.30. The summed E-state index contributed by atoms with van der Waals surface area (Å²) in [7, 11) is 0. The van der Waals surface area contributed by atoms with Crippen LogP contribution in [0, 0.1) is 22.7 Å². The molecule has 2 saturated carbocycles. The first-order valence-electron chi connectivity index (χ1n) is 7.13. The van der Waals surface area contributed by atoms with Crippen molar-refractivity contribution in [1.29, 1.82) is 0 Å². The van der Waals surface area contributed by atoms with Crippen molar-refractivity contribution < 1.29 is 9.47 Å². The quantitative estimate of drug-likeness (QED) is 0.642. The minimum absolute atomic E-state index is 0.0295. The molecule has 2 bridgehead atoms. The van der Waals surface area contributed by atoms with Crippen molar-refractivity contribution in [2.24, 2.45) is 22.7 Å². The third kappa shape index (κ3) is 1.19. The van der Waals surface area contributed by atoms with Crippen molar-refractivity contribution in [3.63, 3.8) is 0 Å². The third-order valence-electron chi connectivity index (χ3n) is 6.67. The summed E-state index contributed by atoms with van der Waals surface area (Å²) in [6.45, 7) is 12.6. The van der Waals surface area contributed by atoms with Crippen molar-refractivity contribution in [3.8, 4) is 0 Å². The molecule has 17 heavy (non-hydrogen) atoms. The van der Waals surface area contributed by atoms with Crippen LogP contribution in [0.15, 0.2) is 0 Å². The van der Waals surface area contributed by atoms with E-state index in [4.69, 9.17) is 9.47 Å². The normalized spacial score (nSPS) is 56.6. The van der Waals surface area contributed by atoms with Crippen LogP contribution in [-0.2, 0) is 9.47 Å². The highest BCUT2D eigenvalue weighted by Gasteiger charge is 2.71. The molecule has 3 fully saturated rings. The van der Waals surface area contributed by atoms with Crippen LogP contribution in [0.3, 0.4) is 0 Å². The van der Waals surface area contributed by atoms with Crippen molar-refractivity contribution in [3.05, 3.63) is 0 Å². The largest absolute Gasteiger partial charge is 0.353 e. The van der Waals surface area contributed by atoms with Crippen molar-refractivity contribution in [1.82, 2.24) is 0 Å². The van der Waals surface area contributed by atoms with E-state index in [1.165, 1.54) is 19.3 Å². The minimum Gasteiger partial charge on any atom is -0.353 e. The van der Waals surface area contributed by atoms with Gasteiger partial charge in [-0.25, -0.2) is 0 Å². The first-order valence-corrected chi connectivity index (χ1v) is 7.13. The maximum Gasteiger partial charge on any atom is 0.155 e. The van der Waals surface area contributed by atoms with Crippen LogP contribution >= 0.6 is 0 Å². The molecule has 1 spiro atoms. The molecule has 1 heterocycles. The van der Waals surface area contributed by atoms with Gasteiger partial charge in [0.15, 0.2) is 6.29 Å². The van der Waals surface area contributed by atoms with Gasteiger partial charge in [0, 0.05) is 11.3 Å². The van der Waals surface area contributed by atoms with Gasteiger partial charge in [-0.05, 0) is 37.5 Å². The number of hydrogen-bond donors (Lipinski definition) is 0. The maximum absolute atomic E-state index is 6.40. The molecular weight excluding hydrogens is 212 g/mol. The molecule has 0 aromatic carbocycles. The Labute approximate surface area is 105 Å². The summed E-state index contributed by atoms with van der Waals surface area (Å²) >= 11 is 0. The number of ether oxygens (including phenoxy) is 2. The monoisotopic (exact) mass is 238 g/mol. The number of rotatable bonds is 0. The Morgan fingerprint density at radius 3 is 2.35 bits per heavy atom. The zero-order valence-electron chi connectivity index (χ0n) is 11.9. The molecule has 3 aliphatic rings. The van der Waals surface area contributed by atoms with E-state index in [0.29, 0.717) is 16.7 Å². The predicted molar refractivity (Wildman–Crippen MR) is 67.6 cm³/mol. The standard InChI is InChI=1S/C15H26O2/c1-10-9-16-11(2)17-15(10)8-12-6-7-14(15,5)13(12,3)4/h10-12H,6-9H2,1-5H3/t10-,11?,12?,14?,15?/m0/s1. The molecule has 2 heteroatoms. The van der Waals surface area contributed by atoms with E-state index in [9.17, 15) is 0 Å². The molecule has 0 N–H and O–H groups in total. The van der Waals surface area contributed by atoms with E-state index in [1.54, 1.807) is 0 Å². The summed E-state index contributed by atoms with van der Waals surface area (Å²) in [5, 5.41) is 0. The second-order valence-electron chi connectivity index (χ2n) is 7.30. The van der Waals surface area contributed by atoms with Gasteiger partial charge in [0.1, 0.15) is 0 Å². The minimum atomic E-state index is -0.0295. The maximum atomic E-state index is 6.40. The van der Waals surface area contributed by atoms with Crippen molar-refractivity contribution >= 4 is 0 Å². The molecule has 2 nitrogen and oxygen atoms in total.